The number of rotatable bonds is 2. The van der Waals surface area contributed by atoms with E-state index >= 15 is 0 Å². The molecule has 1 rings (SSSR count). The number of nitrogens with zero attached hydrogens (tertiary/aromatic N) is 2. The van der Waals surface area contributed by atoms with Crippen LogP contribution >= 0.6 is 0 Å². The molecule has 0 saturated heterocycles. The number of aryl methyl sites for hydroxylation is 1. The lowest BCUT2D eigenvalue weighted by Crippen LogP contribution is -2.00. The third kappa shape index (κ3) is 1.69. The van der Waals surface area contributed by atoms with Crippen LogP contribution in [0.25, 0.3) is 0 Å². The second kappa shape index (κ2) is 3.40. The van der Waals surface area contributed by atoms with Crippen molar-refractivity contribution in [2.24, 2.45) is 7.05 Å². The Morgan fingerprint density at radius 3 is 2.00 bits per heavy atom. The lowest BCUT2D eigenvalue weighted by atomic mass is 9.97. The normalized spacial score (nSPS) is 11.6. The highest BCUT2D eigenvalue weighted by Gasteiger charge is 2.18. The SMILES string of the molecule is CC(C)c1nn(C)c(N)c1C(C)C. The number of nitrogen functional groups attached to an aromatic ring is 1. The molecule has 1 aromatic rings. The van der Waals surface area contributed by atoms with E-state index in [1.165, 1.54) is 5.56 Å². The smallest absolute Gasteiger partial charge is 0.125 e. The van der Waals surface area contributed by atoms with Crippen LogP contribution in [0, 0.1) is 0 Å². The molecule has 2 N–H and O–H groups in total. The van der Waals surface area contributed by atoms with Gasteiger partial charge in [0.2, 0.25) is 0 Å². The molecule has 74 valence electrons. The van der Waals surface area contributed by atoms with E-state index in [2.05, 4.69) is 32.8 Å². The minimum atomic E-state index is 0.445. The van der Waals surface area contributed by atoms with E-state index in [9.17, 15) is 0 Å². The molecule has 0 aliphatic carbocycles. The summed E-state index contributed by atoms with van der Waals surface area (Å²) in [6.07, 6.45) is 0. The molecular formula is C10H19N3. The highest BCUT2D eigenvalue weighted by Crippen LogP contribution is 2.29. The molecule has 13 heavy (non-hydrogen) atoms. The van der Waals surface area contributed by atoms with Gasteiger partial charge in [0.15, 0.2) is 0 Å². The quantitative estimate of drug-likeness (QED) is 0.760. The minimum Gasteiger partial charge on any atom is -0.384 e. The van der Waals surface area contributed by atoms with Gasteiger partial charge in [0.25, 0.3) is 0 Å². The fourth-order valence-corrected chi connectivity index (χ4v) is 1.59. The van der Waals surface area contributed by atoms with E-state index in [0.29, 0.717) is 11.8 Å². The zero-order chi connectivity index (χ0) is 10.2. The Balaban J connectivity index is 3.27. The van der Waals surface area contributed by atoms with Gasteiger partial charge in [-0.15, -0.1) is 0 Å². The van der Waals surface area contributed by atoms with Crippen LogP contribution in [0.3, 0.4) is 0 Å². The van der Waals surface area contributed by atoms with Crippen molar-refractivity contribution >= 4 is 5.82 Å². The predicted molar refractivity (Wildman–Crippen MR) is 55.8 cm³/mol. The first kappa shape index (κ1) is 10.1. The monoisotopic (exact) mass is 181 g/mol. The van der Waals surface area contributed by atoms with Gasteiger partial charge in [0, 0.05) is 12.6 Å². The molecule has 0 unspecified atom stereocenters. The van der Waals surface area contributed by atoms with Crippen LogP contribution in [0.2, 0.25) is 0 Å². The van der Waals surface area contributed by atoms with E-state index in [1.54, 1.807) is 4.68 Å². The molecule has 3 heteroatoms. The van der Waals surface area contributed by atoms with E-state index in [-0.39, 0.29) is 0 Å². The molecule has 0 spiro atoms. The number of hydrogen-bond donors (Lipinski definition) is 1. The topological polar surface area (TPSA) is 43.8 Å². The van der Waals surface area contributed by atoms with E-state index < -0.39 is 0 Å². The van der Waals surface area contributed by atoms with Gasteiger partial charge in [0.05, 0.1) is 5.69 Å². The van der Waals surface area contributed by atoms with Crippen molar-refractivity contribution in [3.8, 4) is 0 Å². The standard InChI is InChI=1S/C10H19N3/c1-6(2)8-9(7(3)4)12-13(5)10(8)11/h6-7H,11H2,1-5H3. The summed E-state index contributed by atoms with van der Waals surface area (Å²) in [7, 11) is 1.90. The molecule has 0 aliphatic rings. The van der Waals surface area contributed by atoms with Crippen molar-refractivity contribution in [1.29, 1.82) is 0 Å². The summed E-state index contributed by atoms with van der Waals surface area (Å²) in [6.45, 7) is 8.60. The van der Waals surface area contributed by atoms with Crippen LogP contribution in [-0.2, 0) is 7.05 Å². The third-order valence-electron chi connectivity index (χ3n) is 2.28. The summed E-state index contributed by atoms with van der Waals surface area (Å²) in [6, 6.07) is 0. The molecule has 0 amide bonds. The maximum absolute atomic E-state index is 5.94. The van der Waals surface area contributed by atoms with Gasteiger partial charge in [-0.3, -0.25) is 4.68 Å². The van der Waals surface area contributed by atoms with E-state index in [1.807, 2.05) is 7.05 Å². The fraction of sp³-hybridized carbons (Fsp3) is 0.700. The molecule has 0 saturated carbocycles. The predicted octanol–water partition coefficient (Wildman–Crippen LogP) is 2.25. The van der Waals surface area contributed by atoms with Crippen molar-refractivity contribution in [3.05, 3.63) is 11.3 Å². The summed E-state index contributed by atoms with van der Waals surface area (Å²) in [5.74, 6) is 1.70. The first-order valence-corrected chi connectivity index (χ1v) is 4.77. The Labute approximate surface area is 79.9 Å². The Hall–Kier alpha value is -0.990. The van der Waals surface area contributed by atoms with Crippen LogP contribution in [-0.4, -0.2) is 9.78 Å². The number of nitrogens with two attached hydrogens (primary N) is 1. The summed E-state index contributed by atoms with van der Waals surface area (Å²) >= 11 is 0. The zero-order valence-corrected chi connectivity index (χ0v) is 9.13. The van der Waals surface area contributed by atoms with Crippen LogP contribution in [0.5, 0.6) is 0 Å². The Bertz CT molecular complexity index is 297. The Morgan fingerprint density at radius 2 is 1.69 bits per heavy atom. The second-order valence-corrected chi connectivity index (χ2v) is 4.12. The molecule has 0 radical (unpaired) electrons. The Kier molecular flexibility index (Phi) is 2.64. The second-order valence-electron chi connectivity index (χ2n) is 4.12. The molecular weight excluding hydrogens is 162 g/mol. The molecule has 0 aliphatic heterocycles. The van der Waals surface area contributed by atoms with Crippen LogP contribution < -0.4 is 5.73 Å². The largest absolute Gasteiger partial charge is 0.384 e. The van der Waals surface area contributed by atoms with Gasteiger partial charge in [-0.2, -0.15) is 5.10 Å². The van der Waals surface area contributed by atoms with E-state index in [4.69, 9.17) is 5.73 Å². The van der Waals surface area contributed by atoms with Crippen molar-refractivity contribution in [3.63, 3.8) is 0 Å². The summed E-state index contributed by atoms with van der Waals surface area (Å²) in [5.41, 5.74) is 8.28. The van der Waals surface area contributed by atoms with Crippen molar-refractivity contribution < 1.29 is 0 Å². The number of aromatic nitrogens is 2. The number of hydrogen-bond acceptors (Lipinski definition) is 2. The first-order valence-electron chi connectivity index (χ1n) is 4.77. The van der Waals surface area contributed by atoms with Gasteiger partial charge in [0.1, 0.15) is 5.82 Å². The minimum absolute atomic E-state index is 0.445. The maximum Gasteiger partial charge on any atom is 0.125 e. The van der Waals surface area contributed by atoms with Gasteiger partial charge in [-0.1, -0.05) is 27.7 Å². The number of anilines is 1. The molecule has 0 atom stereocenters. The maximum atomic E-state index is 5.94. The highest BCUT2D eigenvalue weighted by molar-refractivity contribution is 5.46. The average molecular weight is 181 g/mol. The van der Waals surface area contributed by atoms with Gasteiger partial charge in [-0.25, -0.2) is 0 Å². The van der Waals surface area contributed by atoms with Crippen molar-refractivity contribution in [2.75, 3.05) is 5.73 Å². The van der Waals surface area contributed by atoms with Gasteiger partial charge in [-0.05, 0) is 11.8 Å². The molecule has 1 heterocycles. The first-order chi connectivity index (χ1) is 5.95. The Morgan fingerprint density at radius 1 is 1.15 bits per heavy atom. The lowest BCUT2D eigenvalue weighted by Gasteiger charge is -2.08. The third-order valence-corrected chi connectivity index (χ3v) is 2.28. The van der Waals surface area contributed by atoms with E-state index in [0.717, 1.165) is 11.5 Å². The van der Waals surface area contributed by atoms with Crippen molar-refractivity contribution in [1.82, 2.24) is 9.78 Å². The summed E-state index contributed by atoms with van der Waals surface area (Å²) in [4.78, 5) is 0. The summed E-state index contributed by atoms with van der Waals surface area (Å²) < 4.78 is 1.77. The highest BCUT2D eigenvalue weighted by atomic mass is 15.3. The van der Waals surface area contributed by atoms with Crippen LogP contribution in [0.1, 0.15) is 50.8 Å². The van der Waals surface area contributed by atoms with Gasteiger partial charge < -0.3 is 5.73 Å². The average Bonchev–Trinajstić information content (AvgIpc) is 2.28. The van der Waals surface area contributed by atoms with Crippen molar-refractivity contribution in [2.45, 2.75) is 39.5 Å². The molecule has 1 aromatic heterocycles. The molecule has 3 nitrogen and oxygen atoms in total. The molecule has 0 aromatic carbocycles. The molecule has 0 bridgehead atoms. The zero-order valence-electron chi connectivity index (χ0n) is 9.13. The lowest BCUT2D eigenvalue weighted by molar-refractivity contribution is 0.713. The molecule has 0 fully saturated rings. The summed E-state index contributed by atoms with van der Waals surface area (Å²) in [5, 5.41) is 4.42. The van der Waals surface area contributed by atoms with Crippen LogP contribution in [0.4, 0.5) is 5.82 Å². The fourth-order valence-electron chi connectivity index (χ4n) is 1.59. The van der Waals surface area contributed by atoms with Gasteiger partial charge >= 0.3 is 0 Å². The van der Waals surface area contributed by atoms with Crippen LogP contribution in [0.15, 0.2) is 0 Å².